The standard InChI is InChI=1S/C23H29N5.C2HF3O2/c1-27-15-19(22(26-27)18-6-3-2-4-7-18)16-28-12-9-17(10-13-28)21-14-25-23-20(21)8-5-11-24-23;3-2(4,5)1(6)7/h5,8-9,11,14-15,18H,2-4,6-7,10,12-13,16H2,1H3,(H,24,25);(H,6,7). The van der Waals surface area contributed by atoms with Gasteiger partial charge in [0, 0.05) is 67.7 Å². The van der Waals surface area contributed by atoms with E-state index >= 15 is 0 Å². The molecule has 0 aromatic carbocycles. The van der Waals surface area contributed by atoms with Gasteiger partial charge in [-0.15, -0.1) is 0 Å². The zero-order valence-corrected chi connectivity index (χ0v) is 19.7. The van der Waals surface area contributed by atoms with Crippen LogP contribution in [0.2, 0.25) is 0 Å². The maximum Gasteiger partial charge on any atom is 0.490 e. The van der Waals surface area contributed by atoms with Crippen LogP contribution in [0.4, 0.5) is 13.2 Å². The monoisotopic (exact) mass is 489 g/mol. The molecule has 1 aliphatic carbocycles. The van der Waals surface area contributed by atoms with Gasteiger partial charge in [0.2, 0.25) is 0 Å². The van der Waals surface area contributed by atoms with Crippen molar-refractivity contribution in [3.05, 3.63) is 53.6 Å². The van der Waals surface area contributed by atoms with Crippen LogP contribution in [-0.4, -0.2) is 55.0 Å². The second-order valence-electron chi connectivity index (χ2n) is 9.17. The molecule has 5 rings (SSSR count). The molecule has 0 amide bonds. The smallest absolute Gasteiger partial charge is 0.475 e. The molecule has 0 unspecified atom stereocenters. The predicted octanol–water partition coefficient (Wildman–Crippen LogP) is 5.27. The Bertz CT molecular complexity index is 1190. The third-order valence-electron chi connectivity index (χ3n) is 6.66. The minimum Gasteiger partial charge on any atom is -0.475 e. The molecule has 3 aromatic rings. The highest BCUT2D eigenvalue weighted by Gasteiger charge is 2.38. The summed E-state index contributed by atoms with van der Waals surface area (Å²) in [4.78, 5) is 19.2. The zero-order chi connectivity index (χ0) is 25.0. The van der Waals surface area contributed by atoms with Crippen LogP contribution in [0.5, 0.6) is 0 Å². The normalized spacial score (nSPS) is 17.7. The molecule has 0 spiro atoms. The topological polar surface area (TPSA) is 87.0 Å². The number of aromatic nitrogens is 4. The molecule has 10 heteroatoms. The number of aromatic amines is 1. The summed E-state index contributed by atoms with van der Waals surface area (Å²) >= 11 is 0. The van der Waals surface area contributed by atoms with Crippen molar-refractivity contribution in [2.45, 2.75) is 57.2 Å². The van der Waals surface area contributed by atoms with Gasteiger partial charge in [0.15, 0.2) is 0 Å². The van der Waals surface area contributed by atoms with Gasteiger partial charge in [-0.05, 0) is 37.0 Å². The van der Waals surface area contributed by atoms with Crippen LogP contribution in [-0.2, 0) is 18.4 Å². The maximum atomic E-state index is 10.6. The SMILES string of the molecule is Cn1cc(CN2CC=C(c3c[nH]c4ncccc34)CC2)c(C2CCCCC2)n1.O=C(O)C(F)(F)F. The van der Waals surface area contributed by atoms with Gasteiger partial charge in [-0.3, -0.25) is 9.58 Å². The van der Waals surface area contributed by atoms with E-state index in [1.807, 2.05) is 16.9 Å². The summed E-state index contributed by atoms with van der Waals surface area (Å²) in [5.74, 6) is -2.09. The first-order valence-electron chi connectivity index (χ1n) is 11.9. The third kappa shape index (κ3) is 6.11. The van der Waals surface area contributed by atoms with E-state index in [2.05, 4.69) is 46.5 Å². The molecule has 0 atom stereocenters. The van der Waals surface area contributed by atoms with Gasteiger partial charge in [-0.1, -0.05) is 25.3 Å². The number of rotatable bonds is 4. The zero-order valence-electron chi connectivity index (χ0n) is 19.7. The van der Waals surface area contributed by atoms with Crippen LogP contribution in [0.15, 0.2) is 36.8 Å². The lowest BCUT2D eigenvalue weighted by Gasteiger charge is -2.27. The van der Waals surface area contributed by atoms with Gasteiger partial charge in [0.05, 0.1) is 5.69 Å². The molecule has 7 nitrogen and oxygen atoms in total. The highest BCUT2D eigenvalue weighted by molar-refractivity contribution is 5.90. The first-order chi connectivity index (χ1) is 16.7. The van der Waals surface area contributed by atoms with E-state index < -0.39 is 12.1 Å². The first-order valence-corrected chi connectivity index (χ1v) is 11.9. The molecule has 0 bridgehead atoms. The molecule has 1 fully saturated rings. The van der Waals surface area contributed by atoms with Crippen molar-refractivity contribution in [2.24, 2.45) is 7.05 Å². The van der Waals surface area contributed by atoms with Crippen LogP contribution >= 0.6 is 0 Å². The number of carbonyl (C=O) groups is 1. The number of aliphatic carboxylic acids is 1. The third-order valence-corrected chi connectivity index (χ3v) is 6.66. The second-order valence-corrected chi connectivity index (χ2v) is 9.17. The van der Waals surface area contributed by atoms with Crippen LogP contribution in [0, 0.1) is 0 Å². The molecule has 4 heterocycles. The summed E-state index contributed by atoms with van der Waals surface area (Å²) in [6.45, 7) is 3.11. The average Bonchev–Trinajstić information content (AvgIpc) is 3.43. The molecular formula is C25H30F3N5O2. The summed E-state index contributed by atoms with van der Waals surface area (Å²) in [6.07, 6.45) is 11.3. The molecule has 1 aliphatic heterocycles. The number of nitrogens with zero attached hydrogens (tertiary/aromatic N) is 4. The number of nitrogens with one attached hydrogen (secondary N) is 1. The quantitative estimate of drug-likeness (QED) is 0.522. The van der Waals surface area contributed by atoms with Crippen molar-refractivity contribution in [3.8, 4) is 0 Å². The van der Waals surface area contributed by atoms with Gasteiger partial charge in [-0.2, -0.15) is 18.3 Å². The van der Waals surface area contributed by atoms with Crippen LogP contribution < -0.4 is 0 Å². The summed E-state index contributed by atoms with van der Waals surface area (Å²) in [5, 5.41) is 13.2. The molecule has 35 heavy (non-hydrogen) atoms. The van der Waals surface area contributed by atoms with Crippen molar-refractivity contribution >= 4 is 22.6 Å². The largest absolute Gasteiger partial charge is 0.490 e. The molecule has 0 radical (unpaired) electrons. The fraction of sp³-hybridized carbons (Fsp3) is 0.480. The van der Waals surface area contributed by atoms with Gasteiger partial charge in [0.25, 0.3) is 0 Å². The van der Waals surface area contributed by atoms with Crippen molar-refractivity contribution in [3.63, 3.8) is 0 Å². The Morgan fingerprint density at radius 1 is 1.26 bits per heavy atom. The van der Waals surface area contributed by atoms with E-state index in [1.54, 1.807) is 0 Å². The summed E-state index contributed by atoms with van der Waals surface area (Å²) in [5.41, 5.74) is 6.52. The number of aryl methyl sites for hydroxylation is 1. The highest BCUT2D eigenvalue weighted by atomic mass is 19.4. The number of hydrogen-bond acceptors (Lipinski definition) is 4. The highest BCUT2D eigenvalue weighted by Crippen LogP contribution is 2.34. The van der Waals surface area contributed by atoms with Crippen molar-refractivity contribution in [1.29, 1.82) is 0 Å². The fourth-order valence-corrected chi connectivity index (χ4v) is 4.96. The Hall–Kier alpha value is -3.14. The Labute approximate surface area is 201 Å². The number of H-pyrrole nitrogens is 1. The Morgan fingerprint density at radius 3 is 2.66 bits per heavy atom. The molecule has 188 valence electrons. The van der Waals surface area contributed by atoms with Crippen LogP contribution in [0.3, 0.4) is 0 Å². The molecular weight excluding hydrogens is 459 g/mol. The van der Waals surface area contributed by atoms with E-state index in [0.29, 0.717) is 5.92 Å². The van der Waals surface area contributed by atoms with Crippen molar-refractivity contribution < 1.29 is 23.1 Å². The van der Waals surface area contributed by atoms with E-state index in [9.17, 15) is 13.2 Å². The lowest BCUT2D eigenvalue weighted by molar-refractivity contribution is -0.192. The van der Waals surface area contributed by atoms with Gasteiger partial charge in [0.1, 0.15) is 5.65 Å². The van der Waals surface area contributed by atoms with Gasteiger partial charge in [-0.25, -0.2) is 9.78 Å². The first kappa shape index (κ1) is 25.0. The molecule has 1 saturated carbocycles. The van der Waals surface area contributed by atoms with Crippen molar-refractivity contribution in [1.82, 2.24) is 24.6 Å². The minimum absolute atomic E-state index is 0.666. The Kier molecular flexibility index (Phi) is 7.59. The molecule has 2 N–H and O–H groups in total. The molecule has 0 saturated heterocycles. The van der Waals surface area contributed by atoms with Crippen LogP contribution in [0.25, 0.3) is 16.6 Å². The van der Waals surface area contributed by atoms with Crippen LogP contribution in [0.1, 0.15) is 61.3 Å². The number of carboxylic acids is 1. The number of fused-ring (bicyclic) bond motifs is 1. The minimum atomic E-state index is -5.08. The van der Waals surface area contributed by atoms with E-state index in [-0.39, 0.29) is 0 Å². The van der Waals surface area contributed by atoms with E-state index in [4.69, 9.17) is 15.0 Å². The Balaban J connectivity index is 0.000000364. The molecule has 2 aliphatic rings. The van der Waals surface area contributed by atoms with Crippen molar-refractivity contribution in [2.75, 3.05) is 13.1 Å². The second kappa shape index (κ2) is 10.6. The summed E-state index contributed by atoms with van der Waals surface area (Å²) < 4.78 is 33.8. The lowest BCUT2D eigenvalue weighted by Crippen LogP contribution is -2.28. The average molecular weight is 490 g/mol. The number of alkyl halides is 3. The lowest BCUT2D eigenvalue weighted by atomic mass is 9.85. The summed E-state index contributed by atoms with van der Waals surface area (Å²) in [6, 6.07) is 4.18. The van der Waals surface area contributed by atoms with E-state index in [0.717, 1.165) is 31.7 Å². The van der Waals surface area contributed by atoms with Gasteiger partial charge >= 0.3 is 12.1 Å². The number of hydrogen-bond donors (Lipinski definition) is 2. The summed E-state index contributed by atoms with van der Waals surface area (Å²) in [7, 11) is 2.06. The number of pyridine rings is 1. The number of halogens is 3. The van der Waals surface area contributed by atoms with E-state index in [1.165, 1.54) is 59.9 Å². The van der Waals surface area contributed by atoms with Gasteiger partial charge < -0.3 is 10.1 Å². The number of carboxylic acid groups (broad SMARTS) is 1. The Morgan fingerprint density at radius 2 is 2.00 bits per heavy atom. The maximum absolute atomic E-state index is 10.6. The molecule has 3 aromatic heterocycles. The predicted molar refractivity (Wildman–Crippen MR) is 127 cm³/mol. The fourth-order valence-electron chi connectivity index (χ4n) is 4.96.